The minimum atomic E-state index is -2.70. The van der Waals surface area contributed by atoms with Crippen LogP contribution in [0.2, 0.25) is 0 Å². The second-order valence-electron chi connectivity index (χ2n) is 5.15. The van der Waals surface area contributed by atoms with Gasteiger partial charge in [-0.3, -0.25) is 0 Å². The van der Waals surface area contributed by atoms with Crippen LogP contribution in [0.15, 0.2) is 12.1 Å². The zero-order chi connectivity index (χ0) is 13.6. The molecule has 1 N–H and O–H groups in total. The number of halogens is 2. The van der Waals surface area contributed by atoms with E-state index in [-0.39, 0.29) is 25.5 Å². The van der Waals surface area contributed by atoms with Crippen molar-refractivity contribution >= 4 is 5.97 Å². The molecule has 0 spiro atoms. The molecule has 0 amide bonds. The zero-order valence-corrected chi connectivity index (χ0v) is 10.6. The summed E-state index contributed by atoms with van der Waals surface area (Å²) in [6.45, 7) is 2.59. The fraction of sp³-hybridized carbons (Fsp3) is 0.500. The first-order valence-corrected chi connectivity index (χ1v) is 6.39. The monoisotopic (exact) mass is 267 g/mol. The van der Waals surface area contributed by atoms with Crippen LogP contribution < -0.4 is 5.32 Å². The number of piperidine rings is 1. The van der Waals surface area contributed by atoms with Crippen LogP contribution in [0.4, 0.5) is 8.78 Å². The standard InChI is InChI=1S/C14H15F2NO2/c1-8-9(12-6-17-5-4-14(12,15)16)2-3-10-11(8)7-19-13(10)18/h2-3,12,17H,4-7H2,1H3. The lowest BCUT2D eigenvalue weighted by Crippen LogP contribution is -2.43. The molecule has 5 heteroatoms. The van der Waals surface area contributed by atoms with E-state index < -0.39 is 11.8 Å². The lowest BCUT2D eigenvalue weighted by atomic mass is 9.83. The van der Waals surface area contributed by atoms with Crippen LogP contribution >= 0.6 is 0 Å². The average molecular weight is 267 g/mol. The van der Waals surface area contributed by atoms with Gasteiger partial charge in [-0.2, -0.15) is 0 Å². The lowest BCUT2D eigenvalue weighted by molar-refractivity contribution is -0.0481. The van der Waals surface area contributed by atoms with Crippen LogP contribution in [0, 0.1) is 6.92 Å². The number of alkyl halides is 2. The Balaban J connectivity index is 2.04. The number of ether oxygens (including phenoxy) is 1. The topological polar surface area (TPSA) is 38.3 Å². The molecule has 0 aliphatic carbocycles. The molecule has 1 fully saturated rings. The third-order valence-corrected chi connectivity index (χ3v) is 4.08. The lowest BCUT2D eigenvalue weighted by Gasteiger charge is -2.33. The summed E-state index contributed by atoms with van der Waals surface area (Å²) < 4.78 is 33.0. The third-order valence-electron chi connectivity index (χ3n) is 4.08. The van der Waals surface area contributed by atoms with Crippen molar-refractivity contribution in [3.05, 3.63) is 34.4 Å². The highest BCUT2D eigenvalue weighted by Gasteiger charge is 2.43. The highest BCUT2D eigenvalue weighted by Crippen LogP contribution is 2.40. The molecule has 2 aliphatic heterocycles. The largest absolute Gasteiger partial charge is 0.457 e. The molecule has 1 atom stereocenters. The van der Waals surface area contributed by atoms with Gasteiger partial charge in [0.05, 0.1) is 11.5 Å². The maximum Gasteiger partial charge on any atom is 0.338 e. The number of hydrogen-bond donors (Lipinski definition) is 1. The van der Waals surface area contributed by atoms with Crippen molar-refractivity contribution in [3.63, 3.8) is 0 Å². The Kier molecular flexibility index (Phi) is 2.82. The number of rotatable bonds is 1. The Hall–Kier alpha value is -1.49. The Morgan fingerprint density at radius 3 is 2.95 bits per heavy atom. The number of esters is 1. The highest BCUT2D eigenvalue weighted by molar-refractivity contribution is 5.94. The van der Waals surface area contributed by atoms with Gasteiger partial charge in [-0.25, -0.2) is 13.6 Å². The molecule has 0 saturated carbocycles. The normalized spacial score (nSPS) is 25.0. The molecule has 1 aromatic carbocycles. The fourth-order valence-electron chi connectivity index (χ4n) is 2.91. The van der Waals surface area contributed by atoms with Gasteiger partial charge < -0.3 is 10.1 Å². The first-order chi connectivity index (χ1) is 9.00. The molecule has 19 heavy (non-hydrogen) atoms. The van der Waals surface area contributed by atoms with E-state index in [2.05, 4.69) is 5.32 Å². The fourth-order valence-corrected chi connectivity index (χ4v) is 2.91. The van der Waals surface area contributed by atoms with Crippen LogP contribution in [0.5, 0.6) is 0 Å². The van der Waals surface area contributed by atoms with Crippen molar-refractivity contribution in [1.82, 2.24) is 5.32 Å². The molecule has 0 bridgehead atoms. The molecule has 2 aliphatic rings. The quantitative estimate of drug-likeness (QED) is 0.794. The van der Waals surface area contributed by atoms with Gasteiger partial charge in [-0.15, -0.1) is 0 Å². The van der Waals surface area contributed by atoms with E-state index in [4.69, 9.17) is 4.74 Å². The molecule has 0 radical (unpaired) electrons. The molecule has 1 aromatic rings. The number of benzene rings is 1. The highest BCUT2D eigenvalue weighted by atomic mass is 19.3. The number of cyclic esters (lactones) is 1. The van der Waals surface area contributed by atoms with Gasteiger partial charge in [0.2, 0.25) is 0 Å². The summed E-state index contributed by atoms with van der Waals surface area (Å²) in [5, 5.41) is 3.01. The van der Waals surface area contributed by atoms with Crippen molar-refractivity contribution < 1.29 is 18.3 Å². The molecule has 1 saturated heterocycles. The predicted molar refractivity (Wildman–Crippen MR) is 65.5 cm³/mol. The molecule has 102 valence electrons. The second kappa shape index (κ2) is 4.27. The van der Waals surface area contributed by atoms with Crippen LogP contribution in [-0.4, -0.2) is 25.0 Å². The molecule has 1 unspecified atom stereocenters. The van der Waals surface area contributed by atoms with Crippen molar-refractivity contribution in [2.75, 3.05) is 13.1 Å². The van der Waals surface area contributed by atoms with E-state index in [1.165, 1.54) is 0 Å². The molecule has 3 nitrogen and oxygen atoms in total. The second-order valence-corrected chi connectivity index (χ2v) is 5.15. The minimum Gasteiger partial charge on any atom is -0.457 e. The maximum atomic E-state index is 14.0. The number of carbonyl (C=O) groups excluding carboxylic acids is 1. The molecule has 2 heterocycles. The van der Waals surface area contributed by atoms with Gasteiger partial charge in [0, 0.05) is 25.1 Å². The Morgan fingerprint density at radius 2 is 2.21 bits per heavy atom. The van der Waals surface area contributed by atoms with Gasteiger partial charge in [0.15, 0.2) is 0 Å². The van der Waals surface area contributed by atoms with E-state index in [0.29, 0.717) is 17.7 Å². The third kappa shape index (κ3) is 1.92. The van der Waals surface area contributed by atoms with Crippen molar-refractivity contribution in [2.24, 2.45) is 0 Å². The first kappa shape index (κ1) is 12.5. The Morgan fingerprint density at radius 1 is 1.42 bits per heavy atom. The summed E-state index contributed by atoms with van der Waals surface area (Å²) in [4.78, 5) is 11.4. The molecular weight excluding hydrogens is 252 g/mol. The van der Waals surface area contributed by atoms with E-state index in [1.54, 1.807) is 19.1 Å². The smallest absolute Gasteiger partial charge is 0.338 e. The van der Waals surface area contributed by atoms with Crippen molar-refractivity contribution in [1.29, 1.82) is 0 Å². The number of carbonyl (C=O) groups is 1. The summed E-state index contributed by atoms with van der Waals surface area (Å²) >= 11 is 0. The number of fused-ring (bicyclic) bond motifs is 1. The summed E-state index contributed by atoms with van der Waals surface area (Å²) in [7, 11) is 0. The van der Waals surface area contributed by atoms with E-state index >= 15 is 0 Å². The van der Waals surface area contributed by atoms with Crippen LogP contribution in [-0.2, 0) is 11.3 Å². The van der Waals surface area contributed by atoms with Gasteiger partial charge >= 0.3 is 5.97 Å². The summed E-state index contributed by atoms with van der Waals surface area (Å²) in [5.74, 6) is -3.89. The van der Waals surface area contributed by atoms with Gasteiger partial charge in [0.25, 0.3) is 5.92 Å². The van der Waals surface area contributed by atoms with E-state index in [9.17, 15) is 13.6 Å². The van der Waals surface area contributed by atoms with Crippen LogP contribution in [0.25, 0.3) is 0 Å². The number of hydrogen-bond acceptors (Lipinski definition) is 3. The first-order valence-electron chi connectivity index (χ1n) is 6.39. The van der Waals surface area contributed by atoms with E-state index in [1.807, 2.05) is 0 Å². The van der Waals surface area contributed by atoms with Gasteiger partial charge in [-0.1, -0.05) is 6.07 Å². The van der Waals surface area contributed by atoms with Gasteiger partial charge in [0.1, 0.15) is 6.61 Å². The molecule has 0 aromatic heterocycles. The minimum absolute atomic E-state index is 0.149. The average Bonchev–Trinajstić information content (AvgIpc) is 2.73. The molecule has 3 rings (SSSR count). The summed E-state index contributed by atoms with van der Waals surface area (Å²) in [6.07, 6.45) is -0.149. The zero-order valence-electron chi connectivity index (χ0n) is 10.6. The maximum absolute atomic E-state index is 14.0. The van der Waals surface area contributed by atoms with E-state index in [0.717, 1.165) is 11.1 Å². The summed E-state index contributed by atoms with van der Waals surface area (Å²) in [5.41, 5.74) is 2.64. The Labute approximate surface area is 109 Å². The van der Waals surface area contributed by atoms with Gasteiger partial charge in [-0.05, 0) is 24.1 Å². The summed E-state index contributed by atoms with van der Waals surface area (Å²) in [6, 6.07) is 3.25. The van der Waals surface area contributed by atoms with Crippen LogP contribution in [0.3, 0.4) is 0 Å². The van der Waals surface area contributed by atoms with Crippen molar-refractivity contribution in [2.45, 2.75) is 31.8 Å². The SMILES string of the molecule is Cc1c(C2CNCCC2(F)F)ccc2c1COC2=O. The predicted octanol–water partition coefficient (Wildman–Crippen LogP) is 2.38. The Bertz CT molecular complexity index is 542. The molecular formula is C14H15F2NO2. The number of nitrogens with one attached hydrogen (secondary N) is 1. The van der Waals surface area contributed by atoms with Crippen molar-refractivity contribution in [3.8, 4) is 0 Å². The van der Waals surface area contributed by atoms with Crippen LogP contribution in [0.1, 0.15) is 39.4 Å².